The van der Waals surface area contributed by atoms with Crippen molar-refractivity contribution in [1.82, 2.24) is 0 Å². The van der Waals surface area contributed by atoms with E-state index >= 15 is 0 Å². The van der Waals surface area contributed by atoms with Gasteiger partial charge in [0.15, 0.2) is 0 Å². The first-order valence-electron chi connectivity index (χ1n) is 4.18. The Morgan fingerprint density at radius 1 is 1.40 bits per heavy atom. The molecule has 2 N–H and O–H groups in total. The Morgan fingerprint density at radius 3 is 1.90 bits per heavy atom. The van der Waals surface area contributed by atoms with Crippen LogP contribution >= 0.6 is 0 Å². The van der Waals surface area contributed by atoms with E-state index in [1.165, 1.54) is 6.42 Å². The molecule has 0 aromatic carbocycles. The first-order valence-corrected chi connectivity index (χ1v) is 4.18. The average molecular weight is 141 g/mol. The second-order valence-corrected chi connectivity index (χ2v) is 4.77. The van der Waals surface area contributed by atoms with E-state index in [0.717, 1.165) is 11.8 Å². The fourth-order valence-corrected chi connectivity index (χ4v) is 1.49. The van der Waals surface area contributed by atoms with Gasteiger partial charge in [-0.2, -0.15) is 0 Å². The SMILES string of the molecule is CC1CC1C(N)C(C)(C)C. The highest BCUT2D eigenvalue weighted by molar-refractivity contribution is 4.95. The maximum Gasteiger partial charge on any atom is 0.0119 e. The van der Waals surface area contributed by atoms with Crippen molar-refractivity contribution >= 4 is 0 Å². The molecule has 1 saturated carbocycles. The van der Waals surface area contributed by atoms with Gasteiger partial charge in [-0.25, -0.2) is 0 Å². The van der Waals surface area contributed by atoms with Crippen molar-refractivity contribution in [2.45, 2.75) is 40.2 Å². The maximum absolute atomic E-state index is 6.05. The molecule has 0 aromatic heterocycles. The number of nitrogens with two attached hydrogens (primary N) is 1. The number of hydrogen-bond donors (Lipinski definition) is 1. The van der Waals surface area contributed by atoms with Crippen LogP contribution in [0.15, 0.2) is 0 Å². The lowest BCUT2D eigenvalue weighted by atomic mass is 9.84. The molecule has 60 valence electrons. The standard InChI is InChI=1S/C9H19N/c1-6-5-7(6)8(10)9(2,3)4/h6-8H,5,10H2,1-4H3. The Balaban J connectivity index is 2.42. The lowest BCUT2D eigenvalue weighted by Crippen LogP contribution is -2.37. The van der Waals surface area contributed by atoms with Gasteiger partial charge in [0.25, 0.3) is 0 Å². The molecule has 0 heterocycles. The van der Waals surface area contributed by atoms with Crippen molar-refractivity contribution < 1.29 is 0 Å². The molecule has 0 saturated heterocycles. The van der Waals surface area contributed by atoms with Crippen molar-refractivity contribution in [3.63, 3.8) is 0 Å². The van der Waals surface area contributed by atoms with E-state index in [1.807, 2.05) is 0 Å². The Hall–Kier alpha value is -0.0400. The van der Waals surface area contributed by atoms with E-state index < -0.39 is 0 Å². The lowest BCUT2D eigenvalue weighted by Gasteiger charge is -2.27. The second kappa shape index (κ2) is 2.23. The summed E-state index contributed by atoms with van der Waals surface area (Å²) in [6.45, 7) is 8.96. The Kier molecular flexibility index (Phi) is 1.80. The van der Waals surface area contributed by atoms with Gasteiger partial charge in [-0.15, -0.1) is 0 Å². The van der Waals surface area contributed by atoms with Gasteiger partial charge in [0.05, 0.1) is 0 Å². The minimum Gasteiger partial charge on any atom is -0.327 e. The summed E-state index contributed by atoms with van der Waals surface area (Å²) in [5.41, 5.74) is 6.35. The van der Waals surface area contributed by atoms with Gasteiger partial charge in [0.2, 0.25) is 0 Å². The summed E-state index contributed by atoms with van der Waals surface area (Å²) in [5, 5.41) is 0. The van der Waals surface area contributed by atoms with Crippen molar-refractivity contribution in [3.05, 3.63) is 0 Å². The molecule has 3 unspecified atom stereocenters. The minimum absolute atomic E-state index is 0.301. The number of hydrogen-bond acceptors (Lipinski definition) is 1. The van der Waals surface area contributed by atoms with Crippen LogP contribution in [0.1, 0.15) is 34.1 Å². The predicted octanol–water partition coefficient (Wildman–Crippen LogP) is 2.02. The molecule has 1 aliphatic carbocycles. The van der Waals surface area contributed by atoms with Gasteiger partial charge >= 0.3 is 0 Å². The molecular formula is C9H19N. The van der Waals surface area contributed by atoms with Crippen LogP contribution in [0.3, 0.4) is 0 Å². The van der Waals surface area contributed by atoms with Crippen LogP contribution in [0.4, 0.5) is 0 Å². The molecule has 0 aliphatic heterocycles. The largest absolute Gasteiger partial charge is 0.327 e. The summed E-state index contributed by atoms with van der Waals surface area (Å²) >= 11 is 0. The molecule has 1 rings (SSSR count). The molecule has 1 aliphatic rings. The van der Waals surface area contributed by atoms with E-state index in [2.05, 4.69) is 27.7 Å². The summed E-state index contributed by atoms with van der Waals surface area (Å²) in [4.78, 5) is 0. The van der Waals surface area contributed by atoms with Gasteiger partial charge in [-0.3, -0.25) is 0 Å². The van der Waals surface area contributed by atoms with E-state index in [0.29, 0.717) is 11.5 Å². The molecule has 1 fully saturated rings. The van der Waals surface area contributed by atoms with Crippen LogP contribution in [-0.2, 0) is 0 Å². The van der Waals surface area contributed by atoms with Gasteiger partial charge in [0, 0.05) is 6.04 Å². The zero-order valence-electron chi connectivity index (χ0n) is 7.52. The van der Waals surface area contributed by atoms with Crippen LogP contribution in [0.25, 0.3) is 0 Å². The molecule has 1 nitrogen and oxygen atoms in total. The smallest absolute Gasteiger partial charge is 0.0119 e. The molecule has 0 radical (unpaired) electrons. The van der Waals surface area contributed by atoms with Crippen LogP contribution < -0.4 is 5.73 Å². The van der Waals surface area contributed by atoms with Crippen LogP contribution in [0, 0.1) is 17.3 Å². The summed E-state index contributed by atoms with van der Waals surface area (Å²) in [7, 11) is 0. The fraction of sp³-hybridized carbons (Fsp3) is 1.00. The van der Waals surface area contributed by atoms with Crippen molar-refractivity contribution in [2.24, 2.45) is 23.0 Å². The van der Waals surface area contributed by atoms with Crippen LogP contribution in [0.2, 0.25) is 0 Å². The monoisotopic (exact) mass is 141 g/mol. The van der Waals surface area contributed by atoms with E-state index in [-0.39, 0.29) is 0 Å². The molecule has 0 spiro atoms. The number of rotatable bonds is 1. The normalized spacial score (nSPS) is 35.7. The second-order valence-electron chi connectivity index (χ2n) is 4.77. The summed E-state index contributed by atoms with van der Waals surface area (Å²) in [6, 6.07) is 0.405. The highest BCUT2D eigenvalue weighted by atomic mass is 14.7. The third kappa shape index (κ3) is 1.51. The summed E-state index contributed by atoms with van der Waals surface area (Å²) < 4.78 is 0. The zero-order chi connectivity index (χ0) is 7.94. The van der Waals surface area contributed by atoms with E-state index in [1.54, 1.807) is 0 Å². The zero-order valence-corrected chi connectivity index (χ0v) is 7.52. The van der Waals surface area contributed by atoms with Gasteiger partial charge in [-0.05, 0) is 23.7 Å². The molecule has 10 heavy (non-hydrogen) atoms. The third-order valence-corrected chi connectivity index (χ3v) is 2.63. The van der Waals surface area contributed by atoms with Crippen molar-refractivity contribution in [3.8, 4) is 0 Å². The fourth-order valence-electron chi connectivity index (χ4n) is 1.49. The van der Waals surface area contributed by atoms with Gasteiger partial charge in [0.1, 0.15) is 0 Å². The van der Waals surface area contributed by atoms with Crippen LogP contribution in [-0.4, -0.2) is 6.04 Å². The summed E-state index contributed by atoms with van der Waals surface area (Å²) in [5.74, 6) is 1.69. The summed E-state index contributed by atoms with van der Waals surface area (Å²) in [6.07, 6.45) is 1.35. The average Bonchev–Trinajstić information content (AvgIpc) is 2.42. The molecule has 0 amide bonds. The molecular weight excluding hydrogens is 122 g/mol. The minimum atomic E-state index is 0.301. The first-order chi connectivity index (χ1) is 4.43. The predicted molar refractivity (Wildman–Crippen MR) is 44.7 cm³/mol. The first kappa shape index (κ1) is 8.06. The van der Waals surface area contributed by atoms with Crippen molar-refractivity contribution in [1.29, 1.82) is 0 Å². The van der Waals surface area contributed by atoms with Crippen LogP contribution in [0.5, 0.6) is 0 Å². The molecule has 3 atom stereocenters. The van der Waals surface area contributed by atoms with Crippen molar-refractivity contribution in [2.75, 3.05) is 0 Å². The van der Waals surface area contributed by atoms with Gasteiger partial charge in [-0.1, -0.05) is 27.7 Å². The highest BCUT2D eigenvalue weighted by Gasteiger charge is 2.42. The molecule has 0 bridgehead atoms. The van der Waals surface area contributed by atoms with E-state index in [9.17, 15) is 0 Å². The topological polar surface area (TPSA) is 26.0 Å². The quantitative estimate of drug-likeness (QED) is 0.594. The highest BCUT2D eigenvalue weighted by Crippen LogP contribution is 2.44. The Bertz CT molecular complexity index is 123. The Morgan fingerprint density at radius 2 is 1.80 bits per heavy atom. The Labute approximate surface area is 64.0 Å². The van der Waals surface area contributed by atoms with E-state index in [4.69, 9.17) is 5.73 Å². The third-order valence-electron chi connectivity index (χ3n) is 2.63. The van der Waals surface area contributed by atoms with Gasteiger partial charge < -0.3 is 5.73 Å². The lowest BCUT2D eigenvalue weighted by molar-refractivity contribution is 0.285. The molecule has 0 aromatic rings. The maximum atomic E-state index is 6.05. The molecule has 1 heteroatoms.